The van der Waals surface area contributed by atoms with Gasteiger partial charge in [0.1, 0.15) is 11.6 Å². The van der Waals surface area contributed by atoms with Crippen molar-refractivity contribution in [2.75, 3.05) is 5.32 Å². The topological polar surface area (TPSA) is 43.0 Å². The molecule has 2 heterocycles. The van der Waals surface area contributed by atoms with Crippen LogP contribution >= 0.6 is 11.6 Å². The lowest BCUT2D eigenvalue weighted by atomic mass is 10.4. The highest BCUT2D eigenvalue weighted by atomic mass is 35.5. The van der Waals surface area contributed by atoms with Gasteiger partial charge < -0.3 is 9.73 Å². The first-order valence-corrected chi connectivity index (χ1v) is 4.59. The first kappa shape index (κ1) is 9.15. The zero-order chi connectivity index (χ0) is 9.97. The molecule has 2 aromatic rings. The maximum absolute atomic E-state index is 5.64. The summed E-state index contributed by atoms with van der Waals surface area (Å²) >= 11 is 5.64. The minimum Gasteiger partial charge on any atom is -0.448 e. The molecule has 0 aromatic carbocycles. The quantitative estimate of drug-likeness (QED) is 0.847. The van der Waals surface area contributed by atoms with Gasteiger partial charge in [0.15, 0.2) is 5.22 Å². The number of aryl methyl sites for hydroxylation is 1. The molecule has 4 nitrogen and oxygen atoms in total. The Hall–Kier alpha value is -1.42. The monoisotopic (exact) mass is 211 g/mol. The summed E-state index contributed by atoms with van der Waals surface area (Å²) in [5.74, 6) is 1.74. The van der Waals surface area contributed by atoms with Gasteiger partial charge in [0, 0.05) is 13.1 Å². The van der Waals surface area contributed by atoms with E-state index in [0.29, 0.717) is 11.8 Å². The second kappa shape index (κ2) is 3.75. The molecule has 0 bridgehead atoms. The lowest BCUT2D eigenvalue weighted by Crippen LogP contribution is -2.03. The smallest absolute Gasteiger partial charge is 0.193 e. The minimum atomic E-state index is 0.409. The van der Waals surface area contributed by atoms with Crippen molar-refractivity contribution in [2.45, 2.75) is 6.54 Å². The molecular weight excluding hydrogens is 202 g/mol. The van der Waals surface area contributed by atoms with Crippen molar-refractivity contribution in [3.63, 3.8) is 0 Å². The maximum atomic E-state index is 5.64. The number of nitrogens with zero attached hydrogens (tertiary/aromatic N) is 2. The summed E-state index contributed by atoms with van der Waals surface area (Å²) < 4.78 is 6.95. The summed E-state index contributed by atoms with van der Waals surface area (Å²) in [4.78, 5) is 0. The Balaban J connectivity index is 1.98. The second-order valence-corrected chi connectivity index (χ2v) is 3.27. The molecule has 0 aliphatic heterocycles. The zero-order valence-electron chi connectivity index (χ0n) is 7.70. The number of halogens is 1. The third-order valence-electron chi connectivity index (χ3n) is 1.89. The fourth-order valence-corrected chi connectivity index (χ4v) is 1.33. The number of anilines is 1. The molecular formula is C9H10ClN3O. The van der Waals surface area contributed by atoms with Crippen LogP contribution in [-0.2, 0) is 13.6 Å². The third-order valence-corrected chi connectivity index (χ3v) is 2.10. The molecule has 0 atom stereocenters. The standard InChI is InChI=1S/C9H10ClN3O/c1-13-9(4-5-12-13)11-6-7-2-3-8(10)14-7/h2-5,11H,6H2,1H3. The highest BCUT2D eigenvalue weighted by molar-refractivity contribution is 6.28. The van der Waals surface area contributed by atoms with Crippen molar-refractivity contribution >= 4 is 17.4 Å². The molecule has 2 aromatic heterocycles. The average Bonchev–Trinajstić information content (AvgIpc) is 2.72. The molecule has 74 valence electrons. The molecule has 5 heteroatoms. The van der Waals surface area contributed by atoms with Gasteiger partial charge in [0.25, 0.3) is 0 Å². The Labute approximate surface area is 86.5 Å². The van der Waals surface area contributed by atoms with E-state index in [-0.39, 0.29) is 0 Å². The van der Waals surface area contributed by atoms with Crippen molar-refractivity contribution in [1.82, 2.24) is 9.78 Å². The summed E-state index contributed by atoms with van der Waals surface area (Å²) in [5, 5.41) is 7.61. The van der Waals surface area contributed by atoms with Gasteiger partial charge in [-0.1, -0.05) is 0 Å². The van der Waals surface area contributed by atoms with Crippen LogP contribution in [-0.4, -0.2) is 9.78 Å². The molecule has 1 N–H and O–H groups in total. The Morgan fingerprint density at radius 3 is 2.93 bits per heavy atom. The summed E-state index contributed by atoms with van der Waals surface area (Å²) in [6.07, 6.45) is 1.73. The Morgan fingerprint density at radius 1 is 1.50 bits per heavy atom. The molecule has 0 radical (unpaired) electrons. The number of aromatic nitrogens is 2. The number of rotatable bonds is 3. The first-order valence-electron chi connectivity index (χ1n) is 4.22. The van der Waals surface area contributed by atoms with E-state index >= 15 is 0 Å². The van der Waals surface area contributed by atoms with Gasteiger partial charge in [-0.15, -0.1) is 0 Å². The van der Waals surface area contributed by atoms with E-state index in [4.69, 9.17) is 16.0 Å². The molecule has 0 unspecified atom stereocenters. The largest absolute Gasteiger partial charge is 0.448 e. The zero-order valence-corrected chi connectivity index (χ0v) is 8.45. The van der Waals surface area contributed by atoms with E-state index in [9.17, 15) is 0 Å². The fraction of sp³-hybridized carbons (Fsp3) is 0.222. The first-order chi connectivity index (χ1) is 6.75. The van der Waals surface area contributed by atoms with Crippen LogP contribution in [0.4, 0.5) is 5.82 Å². The van der Waals surface area contributed by atoms with Gasteiger partial charge >= 0.3 is 0 Å². The SMILES string of the molecule is Cn1nccc1NCc1ccc(Cl)o1. The molecule has 0 aliphatic carbocycles. The second-order valence-electron chi connectivity index (χ2n) is 2.90. The van der Waals surface area contributed by atoms with Crippen molar-refractivity contribution in [2.24, 2.45) is 7.05 Å². The van der Waals surface area contributed by atoms with Crippen LogP contribution < -0.4 is 5.32 Å². The number of hydrogen-bond acceptors (Lipinski definition) is 3. The van der Waals surface area contributed by atoms with Crippen LogP contribution in [0.3, 0.4) is 0 Å². The van der Waals surface area contributed by atoms with Crippen LogP contribution in [0.15, 0.2) is 28.8 Å². The van der Waals surface area contributed by atoms with Crippen LogP contribution in [0.2, 0.25) is 5.22 Å². The number of furan rings is 1. The van der Waals surface area contributed by atoms with Crippen LogP contribution in [0.25, 0.3) is 0 Å². The van der Waals surface area contributed by atoms with Crippen LogP contribution in [0.1, 0.15) is 5.76 Å². The Bertz CT molecular complexity index is 421. The predicted octanol–water partition coefficient (Wildman–Crippen LogP) is 2.28. The van der Waals surface area contributed by atoms with E-state index in [0.717, 1.165) is 11.6 Å². The van der Waals surface area contributed by atoms with Gasteiger partial charge in [0.2, 0.25) is 0 Å². The summed E-state index contributed by atoms with van der Waals surface area (Å²) in [6.45, 7) is 0.603. The van der Waals surface area contributed by atoms with Gasteiger partial charge in [0.05, 0.1) is 12.7 Å². The normalized spacial score (nSPS) is 10.4. The van der Waals surface area contributed by atoms with Gasteiger partial charge in [-0.25, -0.2) is 0 Å². The number of hydrogen-bond donors (Lipinski definition) is 1. The molecule has 14 heavy (non-hydrogen) atoms. The molecule has 0 saturated carbocycles. The maximum Gasteiger partial charge on any atom is 0.193 e. The Kier molecular flexibility index (Phi) is 2.45. The fourth-order valence-electron chi connectivity index (χ4n) is 1.17. The summed E-state index contributed by atoms with van der Waals surface area (Å²) in [6, 6.07) is 5.46. The highest BCUT2D eigenvalue weighted by Crippen LogP contribution is 2.14. The van der Waals surface area contributed by atoms with Gasteiger partial charge in [-0.2, -0.15) is 5.10 Å². The lowest BCUT2D eigenvalue weighted by Gasteiger charge is -2.03. The van der Waals surface area contributed by atoms with Crippen molar-refractivity contribution in [3.05, 3.63) is 35.4 Å². The summed E-state index contributed by atoms with van der Waals surface area (Å²) in [5.41, 5.74) is 0. The van der Waals surface area contributed by atoms with Crippen LogP contribution in [0, 0.1) is 0 Å². The average molecular weight is 212 g/mol. The Morgan fingerprint density at radius 2 is 2.36 bits per heavy atom. The van der Waals surface area contributed by atoms with Gasteiger partial charge in [-0.05, 0) is 23.7 Å². The van der Waals surface area contributed by atoms with E-state index in [1.807, 2.05) is 19.2 Å². The number of nitrogens with one attached hydrogen (secondary N) is 1. The van der Waals surface area contributed by atoms with Gasteiger partial charge in [-0.3, -0.25) is 4.68 Å². The molecule has 0 aliphatic rings. The third kappa shape index (κ3) is 1.90. The van der Waals surface area contributed by atoms with Crippen molar-refractivity contribution in [1.29, 1.82) is 0 Å². The lowest BCUT2D eigenvalue weighted by molar-refractivity contribution is 0.519. The van der Waals surface area contributed by atoms with E-state index < -0.39 is 0 Å². The van der Waals surface area contributed by atoms with E-state index in [1.54, 1.807) is 16.9 Å². The molecule has 2 rings (SSSR count). The van der Waals surface area contributed by atoms with E-state index in [2.05, 4.69) is 10.4 Å². The van der Waals surface area contributed by atoms with E-state index in [1.165, 1.54) is 0 Å². The highest BCUT2D eigenvalue weighted by Gasteiger charge is 2.01. The minimum absolute atomic E-state index is 0.409. The molecule has 0 fully saturated rings. The van der Waals surface area contributed by atoms with Crippen molar-refractivity contribution < 1.29 is 4.42 Å². The molecule has 0 saturated heterocycles. The van der Waals surface area contributed by atoms with Crippen LogP contribution in [0.5, 0.6) is 0 Å². The molecule has 0 amide bonds. The van der Waals surface area contributed by atoms with Crippen molar-refractivity contribution in [3.8, 4) is 0 Å². The predicted molar refractivity (Wildman–Crippen MR) is 54.3 cm³/mol. The molecule has 0 spiro atoms. The summed E-state index contributed by atoms with van der Waals surface area (Å²) in [7, 11) is 1.87.